The lowest BCUT2D eigenvalue weighted by Crippen LogP contribution is -2.38. The van der Waals surface area contributed by atoms with Gasteiger partial charge in [0.05, 0.1) is 11.3 Å². The van der Waals surface area contributed by atoms with E-state index in [-0.39, 0.29) is 24.4 Å². The molecule has 1 aliphatic heterocycles. The summed E-state index contributed by atoms with van der Waals surface area (Å²) in [5.41, 5.74) is 3.28. The molecule has 2 heterocycles. The molecule has 0 fully saturated rings. The lowest BCUT2D eigenvalue weighted by atomic mass is 9.94. The van der Waals surface area contributed by atoms with Gasteiger partial charge in [0.2, 0.25) is 5.89 Å². The highest BCUT2D eigenvalue weighted by molar-refractivity contribution is 7.98. The van der Waals surface area contributed by atoms with Crippen LogP contribution < -0.4 is 10.6 Å². The first-order valence-electron chi connectivity index (χ1n) is 9.31. The number of fused-ring (bicyclic) bond motifs is 1. The van der Waals surface area contributed by atoms with Gasteiger partial charge in [0.1, 0.15) is 0 Å². The summed E-state index contributed by atoms with van der Waals surface area (Å²) in [6, 6.07) is 16.1. The largest absolute Gasteiger partial charge is 0.350 e. The first kappa shape index (κ1) is 21.4. The van der Waals surface area contributed by atoms with E-state index in [0.29, 0.717) is 29.6 Å². The number of hydrogen-bond donors (Lipinski definition) is 2. The fourth-order valence-electron chi connectivity index (χ4n) is 3.38. The van der Waals surface area contributed by atoms with E-state index in [4.69, 9.17) is 4.52 Å². The minimum Gasteiger partial charge on any atom is -0.350 e. The zero-order valence-electron chi connectivity index (χ0n) is 16.1. The molecule has 0 spiro atoms. The predicted molar refractivity (Wildman–Crippen MR) is 116 cm³/mol. The summed E-state index contributed by atoms with van der Waals surface area (Å²) in [5.74, 6) is 1.63. The lowest BCUT2D eigenvalue weighted by molar-refractivity contribution is 0.0946. The number of benzene rings is 2. The van der Waals surface area contributed by atoms with Gasteiger partial charge in [-0.25, -0.2) is 0 Å². The Morgan fingerprint density at radius 2 is 2.03 bits per heavy atom. The van der Waals surface area contributed by atoms with Gasteiger partial charge in [-0.15, -0.1) is 24.2 Å². The Morgan fingerprint density at radius 1 is 1.24 bits per heavy atom. The third-order valence-corrected chi connectivity index (χ3v) is 5.79. The minimum absolute atomic E-state index is 0. The Hall–Kier alpha value is -2.35. The van der Waals surface area contributed by atoms with Gasteiger partial charge in [-0.1, -0.05) is 41.6 Å². The molecule has 0 bridgehead atoms. The van der Waals surface area contributed by atoms with E-state index in [1.54, 1.807) is 6.92 Å². The fourth-order valence-corrected chi connectivity index (χ4v) is 4.27. The van der Waals surface area contributed by atoms with Crippen LogP contribution in [0.4, 0.5) is 0 Å². The Kier molecular flexibility index (Phi) is 7.30. The molecule has 8 heteroatoms. The van der Waals surface area contributed by atoms with Gasteiger partial charge >= 0.3 is 0 Å². The number of hydrogen-bond acceptors (Lipinski definition) is 6. The maximum absolute atomic E-state index is 12.8. The number of halogens is 1. The van der Waals surface area contributed by atoms with Crippen LogP contribution in [0.3, 0.4) is 0 Å². The van der Waals surface area contributed by atoms with Crippen molar-refractivity contribution in [2.24, 2.45) is 0 Å². The van der Waals surface area contributed by atoms with Crippen molar-refractivity contribution in [3.05, 3.63) is 76.9 Å². The number of carbonyl (C=O) groups is 1. The van der Waals surface area contributed by atoms with Gasteiger partial charge in [0.25, 0.3) is 5.91 Å². The van der Waals surface area contributed by atoms with Gasteiger partial charge in [0.15, 0.2) is 5.82 Å². The van der Waals surface area contributed by atoms with Crippen LogP contribution in [0, 0.1) is 6.92 Å². The standard InChI is InChI=1S/C21H22N4O2S.ClH/c1-14-24-20(27-25-14)13-28-19-9-5-4-8-17(19)21(26)23-12-18-16-7-3-2-6-15(16)10-11-22-18;/h2-9,18,22H,10-13H2,1H3,(H,23,26);1H. The maximum Gasteiger partial charge on any atom is 0.252 e. The molecule has 1 amide bonds. The molecule has 2 N–H and O–H groups in total. The number of rotatable bonds is 6. The monoisotopic (exact) mass is 430 g/mol. The Bertz CT molecular complexity index is 979. The second kappa shape index (κ2) is 9.91. The van der Waals surface area contributed by atoms with Crippen LogP contribution >= 0.6 is 24.2 Å². The zero-order valence-corrected chi connectivity index (χ0v) is 17.7. The lowest BCUT2D eigenvalue weighted by Gasteiger charge is -2.27. The van der Waals surface area contributed by atoms with Gasteiger partial charge in [-0.05, 0) is 43.1 Å². The fraction of sp³-hybridized carbons (Fsp3) is 0.286. The molecule has 1 aromatic heterocycles. The molecule has 0 saturated carbocycles. The van der Waals surface area contributed by atoms with Crippen LogP contribution in [0.2, 0.25) is 0 Å². The topological polar surface area (TPSA) is 80.0 Å². The maximum atomic E-state index is 12.8. The number of thioether (sulfide) groups is 1. The molecule has 6 nitrogen and oxygen atoms in total. The second-order valence-corrected chi connectivity index (χ2v) is 7.70. The van der Waals surface area contributed by atoms with Gasteiger partial charge < -0.3 is 15.2 Å². The normalized spacial score (nSPS) is 15.3. The van der Waals surface area contributed by atoms with Gasteiger partial charge in [-0.2, -0.15) is 4.98 Å². The summed E-state index contributed by atoms with van der Waals surface area (Å²) < 4.78 is 5.16. The van der Waals surface area contributed by atoms with Crippen LogP contribution in [-0.4, -0.2) is 29.1 Å². The van der Waals surface area contributed by atoms with E-state index in [2.05, 4.69) is 39.0 Å². The summed E-state index contributed by atoms with van der Waals surface area (Å²) in [7, 11) is 0. The summed E-state index contributed by atoms with van der Waals surface area (Å²) in [5, 5.41) is 10.4. The van der Waals surface area contributed by atoms with Crippen LogP contribution in [0.25, 0.3) is 0 Å². The van der Waals surface area contributed by atoms with Crippen LogP contribution in [0.5, 0.6) is 0 Å². The number of nitrogens with zero attached hydrogens (tertiary/aromatic N) is 2. The first-order chi connectivity index (χ1) is 13.7. The highest BCUT2D eigenvalue weighted by Gasteiger charge is 2.20. The minimum atomic E-state index is -0.0744. The van der Waals surface area contributed by atoms with Crippen molar-refractivity contribution in [2.45, 2.75) is 30.0 Å². The SMILES string of the molecule is Cc1noc(CSc2ccccc2C(=O)NCC2NCCc3ccccc32)n1.Cl. The number of nitrogens with one attached hydrogen (secondary N) is 2. The van der Waals surface area contributed by atoms with Crippen molar-refractivity contribution in [1.29, 1.82) is 0 Å². The zero-order chi connectivity index (χ0) is 19.3. The van der Waals surface area contributed by atoms with Gasteiger partial charge in [-0.3, -0.25) is 4.79 Å². The third kappa shape index (κ3) is 5.18. The van der Waals surface area contributed by atoms with E-state index in [1.807, 2.05) is 30.3 Å². The highest BCUT2D eigenvalue weighted by atomic mass is 35.5. The van der Waals surface area contributed by atoms with E-state index in [9.17, 15) is 4.79 Å². The smallest absolute Gasteiger partial charge is 0.252 e. The molecule has 29 heavy (non-hydrogen) atoms. The van der Waals surface area contributed by atoms with Crippen molar-refractivity contribution in [3.63, 3.8) is 0 Å². The molecule has 0 radical (unpaired) electrons. The van der Waals surface area contributed by atoms with E-state index >= 15 is 0 Å². The molecular weight excluding hydrogens is 408 g/mol. The summed E-state index contributed by atoms with van der Waals surface area (Å²) in [6.07, 6.45) is 1.02. The Balaban J connectivity index is 0.00000240. The number of carbonyl (C=O) groups excluding carboxylic acids is 1. The van der Waals surface area contributed by atoms with Crippen LogP contribution in [0.1, 0.15) is 39.2 Å². The van der Waals surface area contributed by atoms with Crippen molar-refractivity contribution >= 4 is 30.1 Å². The molecule has 1 unspecified atom stereocenters. The van der Waals surface area contributed by atoms with Crippen molar-refractivity contribution in [1.82, 2.24) is 20.8 Å². The molecule has 2 aromatic carbocycles. The number of amides is 1. The average Bonchev–Trinajstić information content (AvgIpc) is 3.16. The first-order valence-corrected chi connectivity index (χ1v) is 10.3. The van der Waals surface area contributed by atoms with Crippen molar-refractivity contribution in [2.75, 3.05) is 13.1 Å². The average molecular weight is 431 g/mol. The molecule has 0 saturated heterocycles. The second-order valence-electron chi connectivity index (χ2n) is 6.69. The summed E-state index contributed by atoms with van der Waals surface area (Å²) in [6.45, 7) is 3.27. The van der Waals surface area contributed by atoms with Crippen LogP contribution in [-0.2, 0) is 12.2 Å². The van der Waals surface area contributed by atoms with Crippen LogP contribution in [0.15, 0.2) is 57.9 Å². The molecule has 0 aliphatic carbocycles. The Morgan fingerprint density at radius 3 is 2.86 bits per heavy atom. The van der Waals surface area contributed by atoms with Crippen molar-refractivity contribution < 1.29 is 9.32 Å². The molecule has 152 valence electrons. The quantitative estimate of drug-likeness (QED) is 0.580. The number of aryl methyl sites for hydroxylation is 1. The predicted octanol–water partition coefficient (Wildman–Crippen LogP) is 3.71. The molecule has 3 aromatic rings. The number of aromatic nitrogens is 2. The molecular formula is C21H23ClN4O2S. The third-order valence-electron chi connectivity index (χ3n) is 4.73. The summed E-state index contributed by atoms with van der Waals surface area (Å²) >= 11 is 1.52. The molecule has 1 atom stereocenters. The molecule has 4 rings (SSSR count). The van der Waals surface area contributed by atoms with E-state index in [0.717, 1.165) is 17.9 Å². The summed E-state index contributed by atoms with van der Waals surface area (Å²) in [4.78, 5) is 17.9. The highest BCUT2D eigenvalue weighted by Crippen LogP contribution is 2.26. The Labute approximate surface area is 180 Å². The van der Waals surface area contributed by atoms with E-state index < -0.39 is 0 Å². The van der Waals surface area contributed by atoms with E-state index in [1.165, 1.54) is 22.9 Å². The molecule has 1 aliphatic rings. The van der Waals surface area contributed by atoms with Gasteiger partial charge in [0, 0.05) is 17.5 Å². The van der Waals surface area contributed by atoms with Crippen molar-refractivity contribution in [3.8, 4) is 0 Å².